The molecule has 0 aliphatic heterocycles. The fraction of sp³-hybridized carbons (Fsp3) is 0. The Balaban J connectivity index is -0.00000000300. The van der Waals surface area contributed by atoms with Crippen LogP contribution in [0.2, 0.25) is 0 Å². The van der Waals surface area contributed by atoms with Crippen molar-refractivity contribution < 1.29 is 79.7 Å². The molecule has 0 unspecified atom stereocenters. The van der Waals surface area contributed by atoms with Crippen LogP contribution in [0.5, 0.6) is 0 Å². The van der Waals surface area contributed by atoms with E-state index >= 15 is 0 Å². The second kappa shape index (κ2) is 36.1. The second-order valence-corrected chi connectivity index (χ2v) is 0.981. The maximum absolute atomic E-state index is 8.67. The summed E-state index contributed by atoms with van der Waals surface area (Å²) < 4.78 is 24.4. The van der Waals surface area contributed by atoms with Gasteiger partial charge in [0.25, 0.3) is 0 Å². The van der Waals surface area contributed by atoms with Gasteiger partial charge in [-0.2, -0.15) is 0 Å². The summed E-state index contributed by atoms with van der Waals surface area (Å²) in [5, 5.41) is 0. The predicted molar refractivity (Wildman–Crippen MR) is 19.2 cm³/mol. The van der Waals surface area contributed by atoms with Gasteiger partial charge in [-0.15, -0.1) is 0 Å². The summed E-state index contributed by atoms with van der Waals surface area (Å²) in [5.74, 6) is 0. The van der Waals surface area contributed by atoms with Gasteiger partial charge in [-0.05, 0) is 0 Å². The first-order valence-corrected chi connectivity index (χ1v) is 2.33. The van der Waals surface area contributed by atoms with Crippen molar-refractivity contribution in [3.63, 3.8) is 0 Å². The summed E-state index contributed by atoms with van der Waals surface area (Å²) in [7, 11) is 0. The molecular formula is H10NaO7V. The molecule has 9 N–H and O–H groups in total. The first kappa shape index (κ1) is 50.8. The van der Waals surface area contributed by atoms with Crippen molar-refractivity contribution in [2.45, 2.75) is 0 Å². The minimum absolute atomic E-state index is 0. The Hall–Kier alpha value is 0.984. The summed E-state index contributed by atoms with van der Waals surface area (Å²) in [6, 6.07) is 0. The Morgan fingerprint density at radius 1 is 1.00 bits per heavy atom. The number of hydrogen-bond acceptors (Lipinski definition) is 2. The Kier molecular flexibility index (Phi) is 204. The van der Waals surface area contributed by atoms with Crippen LogP contribution in [0.15, 0.2) is 0 Å². The van der Waals surface area contributed by atoms with Crippen LogP contribution in [0.3, 0.4) is 0 Å². The third-order valence-electron chi connectivity index (χ3n) is 0. The van der Waals surface area contributed by atoms with Gasteiger partial charge in [0, 0.05) is 0 Å². The topological polar surface area (TPSA) is 180 Å². The third-order valence-corrected chi connectivity index (χ3v) is 0. The molecule has 0 heterocycles. The van der Waals surface area contributed by atoms with E-state index in [2.05, 4.69) is 0 Å². The molecule has 0 aromatic heterocycles. The van der Waals surface area contributed by atoms with E-state index in [1.807, 2.05) is 0 Å². The average Bonchev–Trinajstić information content (AvgIpc) is 0.811. The van der Waals surface area contributed by atoms with Crippen molar-refractivity contribution in [3.8, 4) is 0 Å². The minimum atomic E-state index is -3.69. The van der Waals surface area contributed by atoms with E-state index < -0.39 is 15.4 Å². The summed E-state index contributed by atoms with van der Waals surface area (Å²) in [5.41, 5.74) is 0. The van der Waals surface area contributed by atoms with E-state index in [0.29, 0.717) is 0 Å². The van der Waals surface area contributed by atoms with Crippen molar-refractivity contribution in [3.05, 3.63) is 0 Å². The van der Waals surface area contributed by atoms with Gasteiger partial charge in [0.1, 0.15) is 0 Å². The average molecular weight is 196 g/mol. The third kappa shape index (κ3) is 452. The molecule has 0 aromatic carbocycles. The summed E-state index contributed by atoms with van der Waals surface area (Å²) in [6.07, 6.45) is 0. The molecule has 0 aromatic rings. The zero-order valence-electron chi connectivity index (χ0n) is 5.71. The van der Waals surface area contributed by atoms with Gasteiger partial charge >= 0.3 is 56.3 Å². The van der Waals surface area contributed by atoms with Crippen molar-refractivity contribution in [1.29, 1.82) is 0 Å². The van der Waals surface area contributed by atoms with Gasteiger partial charge in [0.05, 0.1) is 0 Å². The zero-order valence-corrected chi connectivity index (χ0v) is 8.11. The normalized spacial score (nSPS) is 2.78. The molecular weight excluding hydrogens is 186 g/mol. The molecule has 0 atom stereocenters. The fourth-order valence-electron chi connectivity index (χ4n) is 0. The predicted octanol–water partition coefficient (Wildman–Crippen LogP) is -6.98. The van der Waals surface area contributed by atoms with Crippen molar-refractivity contribution in [2.24, 2.45) is 0 Å². The molecule has 58 valence electrons. The Labute approximate surface area is 79.4 Å². The van der Waals surface area contributed by atoms with Gasteiger partial charge in [-0.3, -0.25) is 0 Å². The van der Waals surface area contributed by atoms with Crippen LogP contribution in [-0.2, 0) is 22.7 Å². The maximum atomic E-state index is 8.67. The molecule has 0 rings (SSSR count). The SMILES string of the molecule is O.O.O.O.[H-].[Na+].[O]=[V](=[O])[OH]. The Morgan fingerprint density at radius 3 is 1.00 bits per heavy atom. The quantitative estimate of drug-likeness (QED) is 0.378. The first-order valence-electron chi connectivity index (χ1n) is 0.565. The molecule has 0 spiro atoms. The van der Waals surface area contributed by atoms with Crippen LogP contribution in [0.4, 0.5) is 0 Å². The Morgan fingerprint density at radius 2 is 1.00 bits per heavy atom. The summed E-state index contributed by atoms with van der Waals surface area (Å²) >= 11 is -3.69. The molecule has 9 heavy (non-hydrogen) atoms. The van der Waals surface area contributed by atoms with Crippen LogP contribution < -0.4 is 29.6 Å². The van der Waals surface area contributed by atoms with E-state index in [1.165, 1.54) is 0 Å². The molecule has 0 saturated heterocycles. The van der Waals surface area contributed by atoms with Gasteiger partial charge < -0.3 is 23.3 Å². The molecule has 0 aliphatic rings. The molecule has 0 fully saturated rings. The van der Waals surface area contributed by atoms with Crippen LogP contribution in [0, 0.1) is 0 Å². The monoisotopic (exact) mass is 196 g/mol. The zero-order chi connectivity index (χ0) is 3.58. The molecule has 0 saturated carbocycles. The van der Waals surface area contributed by atoms with Gasteiger partial charge in [-0.25, -0.2) is 0 Å². The van der Waals surface area contributed by atoms with E-state index in [9.17, 15) is 0 Å². The number of rotatable bonds is 0. The van der Waals surface area contributed by atoms with Crippen LogP contribution in [-0.4, -0.2) is 25.9 Å². The van der Waals surface area contributed by atoms with Crippen molar-refractivity contribution in [2.75, 3.05) is 0 Å². The molecule has 7 nitrogen and oxygen atoms in total. The molecule has 0 amide bonds. The van der Waals surface area contributed by atoms with Gasteiger partial charge in [-0.1, -0.05) is 0 Å². The van der Waals surface area contributed by atoms with Gasteiger partial charge in [0.2, 0.25) is 0 Å². The van der Waals surface area contributed by atoms with E-state index in [1.54, 1.807) is 0 Å². The number of hydrogen-bond donors (Lipinski definition) is 1. The van der Waals surface area contributed by atoms with Crippen molar-refractivity contribution >= 4 is 0 Å². The van der Waals surface area contributed by atoms with Gasteiger partial charge in [0.15, 0.2) is 0 Å². The van der Waals surface area contributed by atoms with E-state index in [0.717, 1.165) is 0 Å². The van der Waals surface area contributed by atoms with Crippen LogP contribution >= 0.6 is 0 Å². The standard InChI is InChI=1S/Na.5H2O.2O.V.H/h;5*1H2;;;;/q+1;;;;;;;;+1;-1/p-1. The molecule has 0 bridgehead atoms. The van der Waals surface area contributed by atoms with Crippen LogP contribution in [0.25, 0.3) is 0 Å². The Bertz CT molecular complexity index is 62.0. The fourth-order valence-corrected chi connectivity index (χ4v) is 0. The van der Waals surface area contributed by atoms with Crippen molar-refractivity contribution in [1.82, 2.24) is 0 Å². The second-order valence-electron chi connectivity index (χ2n) is 0.238. The molecule has 0 radical (unpaired) electrons. The molecule has 0 aliphatic carbocycles. The summed E-state index contributed by atoms with van der Waals surface area (Å²) in [4.78, 5) is 0. The van der Waals surface area contributed by atoms with E-state index in [4.69, 9.17) is 11.4 Å². The van der Waals surface area contributed by atoms with Crippen LogP contribution in [0.1, 0.15) is 1.43 Å². The molecule has 9 heteroatoms. The first-order chi connectivity index (χ1) is 1.73. The summed E-state index contributed by atoms with van der Waals surface area (Å²) in [6.45, 7) is 0. The van der Waals surface area contributed by atoms with E-state index in [-0.39, 0.29) is 52.9 Å².